The molecule has 4 aromatic heterocycles. The van der Waals surface area contributed by atoms with E-state index in [0.29, 0.717) is 40.4 Å². The quantitative estimate of drug-likeness (QED) is 0.202. The van der Waals surface area contributed by atoms with Crippen molar-refractivity contribution < 1.29 is 23.4 Å². The molecule has 12 heteroatoms. The summed E-state index contributed by atoms with van der Waals surface area (Å²) in [6, 6.07) is 11.4. The van der Waals surface area contributed by atoms with Crippen LogP contribution in [0.5, 0.6) is 5.75 Å². The second-order valence-corrected chi connectivity index (χ2v) is 12.1. The van der Waals surface area contributed by atoms with Gasteiger partial charge in [0.15, 0.2) is 0 Å². The van der Waals surface area contributed by atoms with Gasteiger partial charge in [-0.3, -0.25) is 14.2 Å². The van der Waals surface area contributed by atoms with E-state index in [1.165, 1.54) is 17.4 Å². The van der Waals surface area contributed by atoms with Gasteiger partial charge in [-0.05, 0) is 43.5 Å². The zero-order valence-corrected chi connectivity index (χ0v) is 26.2. The van der Waals surface area contributed by atoms with Crippen molar-refractivity contribution in [2.24, 2.45) is 7.05 Å². The largest absolute Gasteiger partial charge is 0.490 e. The maximum Gasteiger partial charge on any atom is 0.246 e. The van der Waals surface area contributed by atoms with Gasteiger partial charge in [0.1, 0.15) is 35.4 Å². The Morgan fingerprint density at radius 2 is 1.93 bits per heavy atom. The molecule has 0 aliphatic carbocycles. The van der Waals surface area contributed by atoms with E-state index in [1.54, 1.807) is 4.90 Å². The summed E-state index contributed by atoms with van der Waals surface area (Å²) in [6.07, 6.45) is 1.30. The third-order valence-electron chi connectivity index (χ3n) is 8.59. The van der Waals surface area contributed by atoms with Crippen LogP contribution >= 0.6 is 11.3 Å². The molecule has 0 radical (unpaired) electrons. The van der Waals surface area contributed by atoms with Gasteiger partial charge in [-0.2, -0.15) is 10.2 Å². The van der Waals surface area contributed by atoms with Crippen molar-refractivity contribution in [1.29, 1.82) is 0 Å². The Hall–Kier alpha value is -4.94. The molecule has 0 unspecified atom stereocenters. The summed E-state index contributed by atoms with van der Waals surface area (Å²) in [5.41, 5.74) is 5.38. The minimum Gasteiger partial charge on any atom is -0.490 e. The van der Waals surface area contributed by atoms with Crippen LogP contribution in [0.1, 0.15) is 24.4 Å². The number of carbonyl (C=O) groups excluding carboxylic acids is 1. The van der Waals surface area contributed by atoms with Gasteiger partial charge in [0.25, 0.3) is 0 Å². The number of nitrogens with zero attached hydrogens (tertiary/aromatic N) is 6. The molecule has 0 fully saturated rings. The van der Waals surface area contributed by atoms with E-state index in [2.05, 4.69) is 11.7 Å². The van der Waals surface area contributed by atoms with Crippen molar-refractivity contribution in [2.75, 3.05) is 19.8 Å². The average molecular weight is 641 g/mol. The Bertz CT molecular complexity index is 2190. The van der Waals surface area contributed by atoms with Crippen LogP contribution in [-0.2, 0) is 18.4 Å². The van der Waals surface area contributed by atoms with Gasteiger partial charge in [-0.15, -0.1) is 11.3 Å². The molecule has 1 aliphatic rings. The van der Waals surface area contributed by atoms with Crippen LogP contribution in [0.3, 0.4) is 0 Å². The molecule has 1 amide bonds. The summed E-state index contributed by atoms with van der Waals surface area (Å²) < 4.78 is 40.6. The van der Waals surface area contributed by atoms with E-state index >= 15 is 4.39 Å². The number of ether oxygens (including phenoxy) is 1. The standard InChI is InChI=1S/C34H30F2N6O3S/c1-5-29(44)41-9-10-42-27(19(41)3)17-26(39-42)33-31(30-24(36)15-21(35)16-28(30)45-12-11-43)34-23(8-13-46-34)32(37-33)20-6-7-22-18(2)40(4)38-25(22)14-20/h5-8,13-17,19,43H,1,9-12H2,2-4H3/t19-/m1/s1. The van der Waals surface area contributed by atoms with Gasteiger partial charge >= 0.3 is 0 Å². The molecule has 6 aromatic rings. The molecular formula is C34H30F2N6O3S. The smallest absolute Gasteiger partial charge is 0.246 e. The van der Waals surface area contributed by atoms with Crippen molar-refractivity contribution in [3.8, 4) is 39.5 Å². The number of pyridine rings is 1. The van der Waals surface area contributed by atoms with E-state index in [1.807, 2.05) is 66.0 Å². The Morgan fingerprint density at radius 1 is 1.11 bits per heavy atom. The minimum absolute atomic E-state index is 0.0228. The number of aliphatic hydroxyl groups is 1. The highest BCUT2D eigenvalue weighted by molar-refractivity contribution is 7.18. The first-order valence-corrected chi connectivity index (χ1v) is 15.7. The minimum atomic E-state index is -0.830. The van der Waals surface area contributed by atoms with E-state index in [0.717, 1.165) is 45.4 Å². The molecule has 5 heterocycles. The van der Waals surface area contributed by atoms with Gasteiger partial charge in [-0.25, -0.2) is 13.8 Å². The average Bonchev–Trinajstić information content (AvgIpc) is 3.77. The van der Waals surface area contributed by atoms with E-state index in [9.17, 15) is 14.3 Å². The fraction of sp³-hybridized carbons (Fsp3) is 0.235. The Balaban J connectivity index is 1.52. The highest BCUT2D eigenvalue weighted by Gasteiger charge is 2.31. The molecule has 0 spiro atoms. The highest BCUT2D eigenvalue weighted by Crippen LogP contribution is 2.47. The number of halogens is 2. The molecule has 1 N–H and O–H groups in total. The molecule has 0 saturated carbocycles. The lowest BCUT2D eigenvalue weighted by molar-refractivity contribution is -0.129. The van der Waals surface area contributed by atoms with Gasteiger partial charge in [0.2, 0.25) is 5.91 Å². The normalized spacial score (nSPS) is 14.7. The fourth-order valence-electron chi connectivity index (χ4n) is 6.24. The number of amides is 1. The number of benzene rings is 2. The monoisotopic (exact) mass is 640 g/mol. The summed E-state index contributed by atoms with van der Waals surface area (Å²) >= 11 is 1.40. The van der Waals surface area contributed by atoms with Crippen LogP contribution in [0.25, 0.3) is 54.8 Å². The number of aliphatic hydroxyl groups excluding tert-OH is 1. The van der Waals surface area contributed by atoms with E-state index in [-0.39, 0.29) is 36.5 Å². The molecule has 234 valence electrons. The van der Waals surface area contributed by atoms with Gasteiger partial charge in [-0.1, -0.05) is 18.7 Å². The van der Waals surface area contributed by atoms with Crippen LogP contribution in [0.4, 0.5) is 8.78 Å². The maximum atomic E-state index is 16.0. The molecule has 1 aliphatic heterocycles. The predicted octanol–water partition coefficient (Wildman–Crippen LogP) is 6.43. The van der Waals surface area contributed by atoms with Crippen molar-refractivity contribution >= 4 is 38.2 Å². The lowest BCUT2D eigenvalue weighted by Gasteiger charge is -2.33. The van der Waals surface area contributed by atoms with E-state index in [4.69, 9.17) is 14.8 Å². The van der Waals surface area contributed by atoms with Crippen molar-refractivity contribution in [1.82, 2.24) is 29.4 Å². The van der Waals surface area contributed by atoms with Gasteiger partial charge in [0, 0.05) is 58.0 Å². The van der Waals surface area contributed by atoms with Crippen LogP contribution in [0, 0.1) is 18.6 Å². The first-order chi connectivity index (χ1) is 22.2. The lowest BCUT2D eigenvalue weighted by atomic mass is 9.96. The summed E-state index contributed by atoms with van der Waals surface area (Å²) in [5, 5.41) is 22.8. The summed E-state index contributed by atoms with van der Waals surface area (Å²) in [7, 11) is 1.90. The number of hydrogen-bond acceptors (Lipinski definition) is 7. The molecule has 1 atom stereocenters. The van der Waals surface area contributed by atoms with Crippen LogP contribution < -0.4 is 4.74 Å². The van der Waals surface area contributed by atoms with E-state index < -0.39 is 11.6 Å². The van der Waals surface area contributed by atoms with Crippen LogP contribution in [0.15, 0.2) is 60.5 Å². The van der Waals surface area contributed by atoms with Crippen LogP contribution in [0.2, 0.25) is 0 Å². The second kappa shape index (κ2) is 11.5. The third kappa shape index (κ3) is 4.76. The molecule has 2 aromatic carbocycles. The first kappa shape index (κ1) is 29.8. The number of hydrogen-bond donors (Lipinski definition) is 1. The predicted molar refractivity (Wildman–Crippen MR) is 174 cm³/mol. The Labute approximate surface area is 267 Å². The summed E-state index contributed by atoms with van der Waals surface area (Å²) in [4.78, 5) is 19.5. The maximum absolute atomic E-state index is 16.0. The highest BCUT2D eigenvalue weighted by atomic mass is 32.1. The van der Waals surface area contributed by atoms with Gasteiger partial charge in [0.05, 0.1) is 41.7 Å². The first-order valence-electron chi connectivity index (χ1n) is 14.8. The Kier molecular flexibility index (Phi) is 7.41. The lowest BCUT2D eigenvalue weighted by Crippen LogP contribution is -2.40. The van der Waals surface area contributed by atoms with Crippen molar-refractivity contribution in [3.05, 3.63) is 83.5 Å². The molecule has 7 rings (SSSR count). The molecule has 0 bridgehead atoms. The Morgan fingerprint density at radius 3 is 2.72 bits per heavy atom. The molecule has 46 heavy (non-hydrogen) atoms. The number of rotatable bonds is 7. The van der Waals surface area contributed by atoms with Gasteiger partial charge < -0.3 is 14.7 Å². The van der Waals surface area contributed by atoms with Crippen LogP contribution in [-0.4, -0.2) is 60.2 Å². The molecule has 0 saturated heterocycles. The zero-order valence-electron chi connectivity index (χ0n) is 25.4. The summed E-state index contributed by atoms with van der Waals surface area (Å²) in [5.74, 6) is -1.87. The number of aromatic nitrogens is 5. The fourth-order valence-corrected chi connectivity index (χ4v) is 7.19. The second-order valence-electron chi connectivity index (χ2n) is 11.2. The van der Waals surface area contributed by atoms with Crippen molar-refractivity contribution in [2.45, 2.75) is 26.4 Å². The number of aryl methyl sites for hydroxylation is 2. The zero-order chi connectivity index (χ0) is 32.3. The topological polar surface area (TPSA) is 98.3 Å². The number of carbonyl (C=O) groups is 1. The number of thiophene rings is 1. The number of fused-ring (bicyclic) bond motifs is 3. The molecule has 9 nitrogen and oxygen atoms in total. The van der Waals surface area contributed by atoms with Crippen molar-refractivity contribution in [3.63, 3.8) is 0 Å². The third-order valence-corrected chi connectivity index (χ3v) is 9.52. The summed E-state index contributed by atoms with van der Waals surface area (Å²) in [6.45, 7) is 7.98. The SMILES string of the molecule is C=CC(=O)N1CCn2nc(-c3nc(-c4ccc5c(C)n(C)nc5c4)c4ccsc4c3-c3c(F)cc(F)cc3OCCO)cc2[C@H]1C. The molecular weight excluding hydrogens is 610 g/mol.